The van der Waals surface area contributed by atoms with Gasteiger partial charge in [-0.1, -0.05) is 41.6 Å². The van der Waals surface area contributed by atoms with Crippen molar-refractivity contribution >= 4 is 33.2 Å². The summed E-state index contributed by atoms with van der Waals surface area (Å²) in [4.78, 5) is 23.5. The van der Waals surface area contributed by atoms with Gasteiger partial charge in [0.05, 0.1) is 34.0 Å². The first kappa shape index (κ1) is 25.5. The summed E-state index contributed by atoms with van der Waals surface area (Å²) in [7, 11) is 6.25. The van der Waals surface area contributed by atoms with Gasteiger partial charge in [0.15, 0.2) is 23.0 Å². The summed E-state index contributed by atoms with van der Waals surface area (Å²) >= 11 is 0. The second kappa shape index (κ2) is 11.1. The quantitative estimate of drug-likeness (QED) is 0.140. The highest BCUT2D eigenvalue weighted by atomic mass is 16.7. The smallest absolute Gasteiger partial charge is 0.366 e. The van der Waals surface area contributed by atoms with Gasteiger partial charge in [0.1, 0.15) is 11.4 Å². The van der Waals surface area contributed by atoms with Crippen molar-refractivity contribution in [2.24, 2.45) is 5.16 Å². The Bertz CT molecular complexity index is 1710. The molecule has 8 heteroatoms. The van der Waals surface area contributed by atoms with Crippen LogP contribution in [-0.2, 0) is 4.84 Å². The number of ether oxygens (including phenoxy) is 4. The first-order valence-corrected chi connectivity index (χ1v) is 12.1. The van der Waals surface area contributed by atoms with Crippen LogP contribution in [0.15, 0.2) is 90.2 Å². The molecular formula is C31H26N2O6. The van der Waals surface area contributed by atoms with Gasteiger partial charge < -0.3 is 23.8 Å². The van der Waals surface area contributed by atoms with Gasteiger partial charge in [-0.15, -0.1) is 0 Å². The molecule has 0 amide bonds. The lowest BCUT2D eigenvalue weighted by Crippen LogP contribution is -2.11. The first-order chi connectivity index (χ1) is 19.1. The molecule has 0 spiro atoms. The SMILES string of the molecule is COc1ccc(C(=NOC(=O)c2cccc3ccccc23)c2nccc3cc(OC)c(OC)cc23)cc1OC. The number of hydrogen-bond donors (Lipinski definition) is 0. The predicted octanol–water partition coefficient (Wildman–Crippen LogP) is 6.03. The summed E-state index contributed by atoms with van der Waals surface area (Å²) in [6.45, 7) is 0. The summed E-state index contributed by atoms with van der Waals surface area (Å²) in [5.41, 5.74) is 1.81. The van der Waals surface area contributed by atoms with Gasteiger partial charge in [-0.2, -0.15) is 0 Å². The first-order valence-electron chi connectivity index (χ1n) is 12.1. The van der Waals surface area contributed by atoms with E-state index in [9.17, 15) is 4.79 Å². The van der Waals surface area contributed by atoms with E-state index in [-0.39, 0.29) is 0 Å². The van der Waals surface area contributed by atoms with Crippen LogP contribution < -0.4 is 18.9 Å². The molecule has 39 heavy (non-hydrogen) atoms. The minimum absolute atomic E-state index is 0.322. The van der Waals surface area contributed by atoms with E-state index in [4.69, 9.17) is 23.8 Å². The molecule has 5 aromatic rings. The lowest BCUT2D eigenvalue weighted by molar-refractivity contribution is 0.0519. The second-order valence-corrected chi connectivity index (χ2v) is 8.50. The Kier molecular flexibility index (Phi) is 7.27. The molecule has 5 rings (SSSR count). The number of methoxy groups -OCH3 is 4. The molecular weight excluding hydrogens is 496 g/mol. The number of benzene rings is 4. The van der Waals surface area contributed by atoms with E-state index in [0.29, 0.717) is 45.5 Å². The average molecular weight is 523 g/mol. The molecule has 196 valence electrons. The topological polar surface area (TPSA) is 88.5 Å². The molecule has 4 aromatic carbocycles. The Morgan fingerprint density at radius 1 is 0.667 bits per heavy atom. The fourth-order valence-corrected chi connectivity index (χ4v) is 4.44. The number of carbonyl (C=O) groups excluding carboxylic acids is 1. The number of pyridine rings is 1. The highest BCUT2D eigenvalue weighted by Crippen LogP contribution is 2.35. The van der Waals surface area contributed by atoms with Crippen LogP contribution in [0.5, 0.6) is 23.0 Å². The van der Waals surface area contributed by atoms with Crippen molar-refractivity contribution in [3.63, 3.8) is 0 Å². The molecule has 0 aliphatic heterocycles. The zero-order valence-corrected chi connectivity index (χ0v) is 21.9. The minimum Gasteiger partial charge on any atom is -0.493 e. The summed E-state index contributed by atoms with van der Waals surface area (Å²) in [5, 5.41) is 7.62. The van der Waals surface area contributed by atoms with Crippen molar-refractivity contribution in [2.45, 2.75) is 0 Å². The van der Waals surface area contributed by atoms with Crippen LogP contribution in [0.25, 0.3) is 21.5 Å². The van der Waals surface area contributed by atoms with Gasteiger partial charge in [-0.25, -0.2) is 4.79 Å². The van der Waals surface area contributed by atoms with Crippen LogP contribution >= 0.6 is 0 Å². The van der Waals surface area contributed by atoms with Crippen LogP contribution in [-0.4, -0.2) is 45.1 Å². The van der Waals surface area contributed by atoms with Crippen LogP contribution in [0.1, 0.15) is 21.6 Å². The average Bonchev–Trinajstić information content (AvgIpc) is 2.99. The van der Waals surface area contributed by atoms with Crippen LogP contribution in [0.4, 0.5) is 0 Å². The Balaban J connectivity index is 1.67. The van der Waals surface area contributed by atoms with E-state index >= 15 is 0 Å². The van der Waals surface area contributed by atoms with Crippen LogP contribution in [0.3, 0.4) is 0 Å². The molecule has 0 unspecified atom stereocenters. The van der Waals surface area contributed by atoms with Gasteiger partial charge in [0.2, 0.25) is 0 Å². The third kappa shape index (κ3) is 4.92. The Labute approximate surface area is 225 Å². The van der Waals surface area contributed by atoms with E-state index in [1.54, 1.807) is 58.9 Å². The zero-order valence-electron chi connectivity index (χ0n) is 21.9. The van der Waals surface area contributed by atoms with Gasteiger partial charge in [-0.3, -0.25) is 4.98 Å². The van der Waals surface area contributed by atoms with Crippen molar-refractivity contribution in [3.05, 3.63) is 102 Å². The van der Waals surface area contributed by atoms with E-state index in [0.717, 1.165) is 21.5 Å². The Morgan fingerprint density at radius 3 is 2.13 bits per heavy atom. The predicted molar refractivity (Wildman–Crippen MR) is 149 cm³/mol. The number of nitrogens with zero attached hydrogens (tertiary/aromatic N) is 2. The maximum Gasteiger partial charge on any atom is 0.366 e. The number of hydrogen-bond acceptors (Lipinski definition) is 8. The van der Waals surface area contributed by atoms with Crippen LogP contribution in [0, 0.1) is 0 Å². The van der Waals surface area contributed by atoms with Gasteiger partial charge >= 0.3 is 5.97 Å². The Hall–Kier alpha value is -5.11. The van der Waals surface area contributed by atoms with Crippen molar-refractivity contribution in [2.75, 3.05) is 28.4 Å². The lowest BCUT2D eigenvalue weighted by Gasteiger charge is -2.14. The van der Waals surface area contributed by atoms with E-state index in [1.807, 2.05) is 54.6 Å². The zero-order chi connectivity index (χ0) is 27.4. The van der Waals surface area contributed by atoms with Crippen LogP contribution in [0.2, 0.25) is 0 Å². The molecule has 0 aliphatic carbocycles. The molecule has 0 saturated heterocycles. The third-order valence-electron chi connectivity index (χ3n) is 6.38. The molecule has 0 N–H and O–H groups in total. The normalized spacial score (nSPS) is 11.3. The number of aromatic nitrogens is 1. The number of fused-ring (bicyclic) bond motifs is 2. The number of rotatable bonds is 8. The van der Waals surface area contributed by atoms with Crippen molar-refractivity contribution in [1.29, 1.82) is 0 Å². The standard InChI is InChI=1S/C31H26N2O6/c1-35-25-13-12-21(17-26(25)36-2)29(30-24-18-28(38-4)27(37-3)16-20(24)14-15-32-30)33-39-31(34)23-11-7-9-19-8-5-6-10-22(19)23/h5-18H,1-4H3. The number of carbonyl (C=O) groups is 1. The largest absolute Gasteiger partial charge is 0.493 e. The van der Waals surface area contributed by atoms with E-state index in [1.165, 1.54) is 0 Å². The molecule has 0 aliphatic rings. The fourth-order valence-electron chi connectivity index (χ4n) is 4.44. The maximum atomic E-state index is 13.3. The van der Waals surface area contributed by atoms with Crippen molar-refractivity contribution < 1.29 is 28.6 Å². The molecule has 8 nitrogen and oxygen atoms in total. The summed E-state index contributed by atoms with van der Waals surface area (Å²) in [6.07, 6.45) is 1.66. The molecule has 0 saturated carbocycles. The highest BCUT2D eigenvalue weighted by Gasteiger charge is 2.20. The molecule has 0 atom stereocenters. The second-order valence-electron chi connectivity index (χ2n) is 8.50. The minimum atomic E-state index is -0.593. The van der Waals surface area contributed by atoms with Crippen molar-refractivity contribution in [1.82, 2.24) is 4.98 Å². The molecule has 0 fully saturated rings. The monoisotopic (exact) mass is 522 g/mol. The molecule has 1 heterocycles. The Morgan fingerprint density at radius 2 is 1.36 bits per heavy atom. The lowest BCUT2D eigenvalue weighted by atomic mass is 10.0. The summed E-state index contributed by atoms with van der Waals surface area (Å²) < 4.78 is 21.9. The number of oxime groups is 1. The van der Waals surface area contributed by atoms with E-state index in [2.05, 4.69) is 10.1 Å². The highest BCUT2D eigenvalue weighted by molar-refractivity contribution is 6.18. The van der Waals surface area contributed by atoms with Gasteiger partial charge in [0, 0.05) is 17.1 Å². The van der Waals surface area contributed by atoms with Crippen molar-refractivity contribution in [3.8, 4) is 23.0 Å². The summed E-state index contributed by atoms with van der Waals surface area (Å²) in [5.74, 6) is 1.55. The summed E-state index contributed by atoms with van der Waals surface area (Å²) in [6, 6.07) is 23.9. The fraction of sp³-hybridized carbons (Fsp3) is 0.129. The molecule has 0 bridgehead atoms. The third-order valence-corrected chi connectivity index (χ3v) is 6.38. The molecule has 0 radical (unpaired) electrons. The van der Waals surface area contributed by atoms with E-state index < -0.39 is 5.97 Å². The maximum absolute atomic E-state index is 13.3. The van der Waals surface area contributed by atoms with Gasteiger partial charge in [-0.05, 0) is 58.6 Å². The molecule has 1 aromatic heterocycles. The van der Waals surface area contributed by atoms with Gasteiger partial charge in [0.25, 0.3) is 0 Å².